The first-order valence-corrected chi connectivity index (χ1v) is 4.01. The molecule has 0 saturated heterocycles. The van der Waals surface area contributed by atoms with Gasteiger partial charge in [-0.25, -0.2) is 0 Å². The summed E-state index contributed by atoms with van der Waals surface area (Å²) >= 11 is 0. The van der Waals surface area contributed by atoms with Crippen molar-refractivity contribution >= 4 is 10.9 Å². The molecule has 0 atom stereocenters. The molecule has 0 saturated carbocycles. The van der Waals surface area contributed by atoms with Gasteiger partial charge in [-0.3, -0.25) is 5.10 Å². The van der Waals surface area contributed by atoms with Crippen molar-refractivity contribution in [2.45, 2.75) is 13.8 Å². The van der Waals surface area contributed by atoms with Crippen molar-refractivity contribution in [1.29, 1.82) is 0 Å². The number of fused-ring (bicyclic) bond motifs is 1. The fourth-order valence-electron chi connectivity index (χ4n) is 1.25. The van der Waals surface area contributed by atoms with Crippen LogP contribution >= 0.6 is 0 Å². The molecule has 1 heterocycles. The van der Waals surface area contributed by atoms with E-state index in [1.54, 1.807) is 0 Å². The van der Waals surface area contributed by atoms with Crippen LogP contribution in [0, 0.1) is 5.92 Å². The average molecular weight is 159 g/mol. The lowest BCUT2D eigenvalue weighted by atomic mass is 10.0. The maximum absolute atomic E-state index is 3.97. The van der Waals surface area contributed by atoms with Crippen molar-refractivity contribution in [3.63, 3.8) is 0 Å². The fourth-order valence-corrected chi connectivity index (χ4v) is 1.25. The Morgan fingerprint density at radius 2 is 2.17 bits per heavy atom. The van der Waals surface area contributed by atoms with E-state index in [4.69, 9.17) is 0 Å². The van der Waals surface area contributed by atoms with Gasteiger partial charge in [-0.2, -0.15) is 5.10 Å². The number of nitrogens with zero attached hydrogens (tertiary/aromatic N) is 1. The van der Waals surface area contributed by atoms with Crippen LogP contribution in [-0.4, -0.2) is 10.2 Å². The third kappa shape index (κ3) is 1.09. The van der Waals surface area contributed by atoms with Crippen LogP contribution in [0.5, 0.6) is 0 Å². The van der Waals surface area contributed by atoms with Crippen molar-refractivity contribution in [2.24, 2.45) is 0 Å². The first kappa shape index (κ1) is 7.35. The molecule has 0 unspecified atom stereocenters. The summed E-state index contributed by atoms with van der Waals surface area (Å²) in [5.41, 5.74) is 2.38. The molecule has 61 valence electrons. The third-order valence-electron chi connectivity index (χ3n) is 2.02. The van der Waals surface area contributed by atoms with E-state index < -0.39 is 0 Å². The number of benzene rings is 1. The second kappa shape index (κ2) is 2.63. The quantitative estimate of drug-likeness (QED) is 0.680. The first-order chi connectivity index (χ1) is 5.77. The highest BCUT2D eigenvalue weighted by molar-refractivity contribution is 5.79. The normalized spacial score (nSPS) is 11.2. The molecule has 0 spiro atoms. The maximum atomic E-state index is 3.97. The van der Waals surface area contributed by atoms with Crippen molar-refractivity contribution in [1.82, 2.24) is 10.2 Å². The fraction of sp³-hybridized carbons (Fsp3) is 0.200. The Labute approximate surface area is 71.6 Å². The van der Waals surface area contributed by atoms with E-state index in [0.717, 1.165) is 5.52 Å². The minimum Gasteiger partial charge on any atom is -0.278 e. The molecule has 2 nitrogen and oxygen atoms in total. The second-order valence-corrected chi connectivity index (χ2v) is 3.17. The van der Waals surface area contributed by atoms with Gasteiger partial charge in [0.2, 0.25) is 0 Å². The summed E-state index contributed by atoms with van der Waals surface area (Å²) in [6, 6.07) is 6.31. The molecule has 0 aliphatic heterocycles. The number of hydrogen-bond acceptors (Lipinski definition) is 1. The van der Waals surface area contributed by atoms with Gasteiger partial charge in [-0.15, -0.1) is 0 Å². The van der Waals surface area contributed by atoms with Crippen LogP contribution in [-0.2, 0) is 0 Å². The van der Waals surface area contributed by atoms with E-state index in [-0.39, 0.29) is 0 Å². The Morgan fingerprint density at radius 3 is 2.92 bits per heavy atom. The molecular formula is C10H11N2. The van der Waals surface area contributed by atoms with E-state index in [9.17, 15) is 0 Å². The number of hydrogen-bond donors (Lipinski definition) is 1. The molecule has 1 aromatic heterocycles. The van der Waals surface area contributed by atoms with Crippen molar-refractivity contribution in [3.8, 4) is 0 Å². The highest BCUT2D eigenvalue weighted by atomic mass is 15.1. The van der Waals surface area contributed by atoms with Crippen LogP contribution in [0.1, 0.15) is 19.4 Å². The molecule has 0 amide bonds. The van der Waals surface area contributed by atoms with Gasteiger partial charge in [-0.05, 0) is 23.6 Å². The summed E-state index contributed by atoms with van der Waals surface area (Å²) in [5, 5.41) is 8.07. The molecule has 2 rings (SSSR count). The number of rotatable bonds is 1. The molecule has 2 heteroatoms. The lowest BCUT2D eigenvalue weighted by molar-refractivity contribution is 1.12. The Hall–Kier alpha value is -1.31. The van der Waals surface area contributed by atoms with Gasteiger partial charge in [0.1, 0.15) is 0 Å². The highest BCUT2D eigenvalue weighted by Crippen LogP contribution is 2.18. The summed E-state index contributed by atoms with van der Waals surface area (Å²) in [5.74, 6) is 1.33. The van der Waals surface area contributed by atoms with Crippen LogP contribution in [0.3, 0.4) is 0 Å². The first-order valence-electron chi connectivity index (χ1n) is 4.01. The van der Waals surface area contributed by atoms with E-state index in [1.807, 2.05) is 6.20 Å². The van der Waals surface area contributed by atoms with Crippen LogP contribution < -0.4 is 0 Å². The molecule has 1 radical (unpaired) electrons. The van der Waals surface area contributed by atoms with E-state index in [0.29, 0.717) is 0 Å². The molecule has 1 aromatic carbocycles. The summed E-state index contributed by atoms with van der Waals surface area (Å²) in [6.07, 6.45) is 1.85. The van der Waals surface area contributed by atoms with Gasteiger partial charge in [0.05, 0.1) is 11.7 Å². The third-order valence-corrected chi connectivity index (χ3v) is 2.02. The summed E-state index contributed by atoms with van der Waals surface area (Å²) < 4.78 is 0. The molecule has 0 aliphatic carbocycles. The monoisotopic (exact) mass is 159 g/mol. The zero-order chi connectivity index (χ0) is 8.55. The largest absolute Gasteiger partial charge is 0.278 e. The standard InChI is InChI=1S/C10H11N2/c1-7(2)8-3-4-10-9(5-8)6-11-12-10/h3-6H,1-2H3,(H,11,12). The van der Waals surface area contributed by atoms with E-state index >= 15 is 0 Å². The smallest absolute Gasteiger partial charge is 0.0650 e. The predicted molar refractivity (Wildman–Crippen MR) is 49.8 cm³/mol. The van der Waals surface area contributed by atoms with Gasteiger partial charge in [0.25, 0.3) is 0 Å². The molecule has 12 heavy (non-hydrogen) atoms. The average Bonchev–Trinajstić information content (AvgIpc) is 2.49. The Kier molecular flexibility index (Phi) is 1.61. The van der Waals surface area contributed by atoms with Crippen LogP contribution in [0.4, 0.5) is 0 Å². The van der Waals surface area contributed by atoms with Crippen molar-refractivity contribution in [2.75, 3.05) is 0 Å². The van der Waals surface area contributed by atoms with Gasteiger partial charge in [0.15, 0.2) is 0 Å². The number of H-pyrrole nitrogens is 1. The molecule has 0 aliphatic rings. The number of aromatic amines is 1. The van der Waals surface area contributed by atoms with Crippen LogP contribution in [0.2, 0.25) is 0 Å². The minimum absolute atomic E-state index is 1.10. The van der Waals surface area contributed by atoms with Crippen molar-refractivity contribution < 1.29 is 0 Å². The number of aromatic nitrogens is 2. The molecular weight excluding hydrogens is 148 g/mol. The SMILES string of the molecule is C[C](C)c1ccc2[nH]ncc2c1. The predicted octanol–water partition coefficient (Wildman–Crippen LogP) is 2.53. The Morgan fingerprint density at radius 1 is 1.33 bits per heavy atom. The Balaban J connectivity index is 2.60. The van der Waals surface area contributed by atoms with Gasteiger partial charge >= 0.3 is 0 Å². The highest BCUT2D eigenvalue weighted by Gasteiger charge is 2.01. The van der Waals surface area contributed by atoms with Crippen molar-refractivity contribution in [3.05, 3.63) is 35.9 Å². The molecule has 0 fully saturated rings. The van der Waals surface area contributed by atoms with Gasteiger partial charge in [0, 0.05) is 5.39 Å². The zero-order valence-electron chi connectivity index (χ0n) is 7.26. The summed E-state index contributed by atoms with van der Waals surface area (Å²) in [7, 11) is 0. The van der Waals surface area contributed by atoms with Crippen LogP contribution in [0.15, 0.2) is 24.4 Å². The molecule has 0 bridgehead atoms. The lowest BCUT2D eigenvalue weighted by Gasteiger charge is -2.02. The molecule has 1 N–H and O–H groups in total. The topological polar surface area (TPSA) is 28.7 Å². The molecule has 2 aromatic rings. The zero-order valence-corrected chi connectivity index (χ0v) is 7.26. The minimum atomic E-state index is 1.10. The second-order valence-electron chi connectivity index (χ2n) is 3.17. The summed E-state index contributed by atoms with van der Waals surface area (Å²) in [4.78, 5) is 0. The summed E-state index contributed by atoms with van der Waals surface area (Å²) in [6.45, 7) is 4.22. The van der Waals surface area contributed by atoms with E-state index in [2.05, 4.69) is 42.2 Å². The number of nitrogens with one attached hydrogen (secondary N) is 1. The van der Waals surface area contributed by atoms with Gasteiger partial charge in [-0.1, -0.05) is 19.9 Å². The van der Waals surface area contributed by atoms with Crippen LogP contribution in [0.25, 0.3) is 10.9 Å². The van der Waals surface area contributed by atoms with E-state index in [1.165, 1.54) is 16.9 Å². The maximum Gasteiger partial charge on any atom is 0.0650 e. The Bertz CT molecular complexity index is 387. The van der Waals surface area contributed by atoms with Gasteiger partial charge < -0.3 is 0 Å². The lowest BCUT2D eigenvalue weighted by Crippen LogP contribution is -1.86.